The number of thiazole rings is 1. The Hall–Kier alpha value is -1.45. The van der Waals surface area contributed by atoms with Gasteiger partial charge in [0.25, 0.3) is 0 Å². The molecule has 0 aliphatic carbocycles. The number of carbonyl (C=O) groups excluding carboxylic acids is 1. The second-order valence-electron chi connectivity index (χ2n) is 3.01. The van der Waals surface area contributed by atoms with Crippen LogP contribution in [0.3, 0.4) is 0 Å². The standard InChI is InChI=1S/C8H8N4OS/c1-4-7(13)12-6(10-4)8-11-5(2-9)3-14-8/h3-4,6,10H,1H3,(H,12,13). The van der Waals surface area contributed by atoms with E-state index in [1.165, 1.54) is 11.3 Å². The van der Waals surface area contributed by atoms with E-state index in [1.54, 1.807) is 12.3 Å². The van der Waals surface area contributed by atoms with Gasteiger partial charge in [0.2, 0.25) is 5.91 Å². The molecule has 2 heterocycles. The fraction of sp³-hybridized carbons (Fsp3) is 0.375. The third-order valence-corrected chi connectivity index (χ3v) is 2.89. The van der Waals surface area contributed by atoms with Crippen LogP contribution in [-0.4, -0.2) is 16.9 Å². The number of carbonyl (C=O) groups is 1. The molecule has 2 atom stereocenters. The Morgan fingerprint density at radius 1 is 1.71 bits per heavy atom. The average Bonchev–Trinajstić information content (AvgIpc) is 2.74. The van der Waals surface area contributed by atoms with Crippen LogP contribution in [0.2, 0.25) is 0 Å². The minimum absolute atomic E-state index is 0.0382. The third kappa shape index (κ3) is 1.47. The van der Waals surface area contributed by atoms with Gasteiger partial charge in [0.1, 0.15) is 17.2 Å². The number of rotatable bonds is 1. The zero-order valence-electron chi connectivity index (χ0n) is 7.44. The van der Waals surface area contributed by atoms with Crippen molar-refractivity contribution in [2.45, 2.75) is 19.1 Å². The summed E-state index contributed by atoms with van der Waals surface area (Å²) >= 11 is 1.36. The number of aromatic nitrogens is 1. The molecule has 1 aliphatic heterocycles. The molecule has 1 amide bonds. The van der Waals surface area contributed by atoms with Crippen molar-refractivity contribution in [1.82, 2.24) is 15.6 Å². The first-order valence-corrected chi connectivity index (χ1v) is 5.00. The molecule has 0 radical (unpaired) electrons. The molecule has 2 unspecified atom stereocenters. The van der Waals surface area contributed by atoms with Gasteiger partial charge in [-0.15, -0.1) is 11.3 Å². The molecule has 1 aromatic rings. The smallest absolute Gasteiger partial charge is 0.238 e. The van der Waals surface area contributed by atoms with Crippen molar-refractivity contribution in [3.05, 3.63) is 16.1 Å². The van der Waals surface area contributed by atoms with Crippen molar-refractivity contribution < 1.29 is 4.79 Å². The van der Waals surface area contributed by atoms with Crippen LogP contribution in [0, 0.1) is 11.3 Å². The molecule has 0 aromatic carbocycles. The molecule has 0 bridgehead atoms. The second kappa shape index (κ2) is 3.36. The number of hydrogen-bond acceptors (Lipinski definition) is 5. The maximum atomic E-state index is 11.2. The number of nitrogens with zero attached hydrogens (tertiary/aromatic N) is 2. The molecule has 6 heteroatoms. The number of hydrogen-bond donors (Lipinski definition) is 2. The minimum Gasteiger partial charge on any atom is -0.333 e. The topological polar surface area (TPSA) is 77.8 Å². The lowest BCUT2D eigenvalue weighted by atomic mass is 10.4. The second-order valence-corrected chi connectivity index (χ2v) is 3.90. The lowest BCUT2D eigenvalue weighted by Crippen LogP contribution is -2.24. The first-order chi connectivity index (χ1) is 6.70. The van der Waals surface area contributed by atoms with Gasteiger partial charge in [0, 0.05) is 5.38 Å². The Morgan fingerprint density at radius 2 is 2.50 bits per heavy atom. The van der Waals surface area contributed by atoms with Crippen LogP contribution >= 0.6 is 11.3 Å². The molecule has 2 rings (SSSR count). The predicted molar refractivity (Wildman–Crippen MR) is 50.3 cm³/mol. The van der Waals surface area contributed by atoms with Crippen molar-refractivity contribution in [2.24, 2.45) is 0 Å². The highest BCUT2D eigenvalue weighted by molar-refractivity contribution is 7.09. The summed E-state index contributed by atoms with van der Waals surface area (Å²) < 4.78 is 0. The summed E-state index contributed by atoms with van der Waals surface area (Å²) in [7, 11) is 0. The van der Waals surface area contributed by atoms with Crippen molar-refractivity contribution in [2.75, 3.05) is 0 Å². The van der Waals surface area contributed by atoms with Crippen molar-refractivity contribution in [1.29, 1.82) is 5.26 Å². The molecule has 1 saturated heterocycles. The number of nitrogens with one attached hydrogen (secondary N) is 2. The molecule has 2 N–H and O–H groups in total. The molecule has 72 valence electrons. The molecule has 1 aliphatic rings. The summed E-state index contributed by atoms with van der Waals surface area (Å²) in [5.74, 6) is -0.0382. The van der Waals surface area contributed by atoms with E-state index in [0.717, 1.165) is 5.01 Å². The SMILES string of the molecule is CC1NC(c2nc(C#N)cs2)NC1=O. The first kappa shape index (κ1) is 9.12. The summed E-state index contributed by atoms with van der Waals surface area (Å²) in [5.41, 5.74) is 0.389. The zero-order valence-corrected chi connectivity index (χ0v) is 8.26. The molecule has 14 heavy (non-hydrogen) atoms. The highest BCUT2D eigenvalue weighted by atomic mass is 32.1. The van der Waals surface area contributed by atoms with E-state index in [9.17, 15) is 4.79 Å². The number of amides is 1. The Morgan fingerprint density at radius 3 is 3.00 bits per heavy atom. The Bertz CT molecular complexity index is 408. The maximum absolute atomic E-state index is 11.2. The van der Waals surface area contributed by atoms with Crippen LogP contribution in [0.5, 0.6) is 0 Å². The van der Waals surface area contributed by atoms with E-state index >= 15 is 0 Å². The Balaban J connectivity index is 2.18. The minimum atomic E-state index is -0.246. The Kier molecular flexibility index (Phi) is 2.19. The van der Waals surface area contributed by atoms with E-state index in [-0.39, 0.29) is 18.1 Å². The summed E-state index contributed by atoms with van der Waals surface area (Å²) in [6.45, 7) is 1.79. The van der Waals surface area contributed by atoms with E-state index in [0.29, 0.717) is 5.69 Å². The molecular weight excluding hydrogens is 200 g/mol. The molecule has 1 fully saturated rings. The van der Waals surface area contributed by atoms with E-state index in [4.69, 9.17) is 5.26 Å². The normalized spacial score (nSPS) is 25.9. The average molecular weight is 208 g/mol. The predicted octanol–water partition coefficient (Wildman–Crippen LogP) is 0.121. The van der Waals surface area contributed by atoms with E-state index in [2.05, 4.69) is 15.6 Å². The van der Waals surface area contributed by atoms with Gasteiger partial charge in [-0.25, -0.2) is 4.98 Å². The van der Waals surface area contributed by atoms with Gasteiger partial charge in [-0.3, -0.25) is 10.1 Å². The van der Waals surface area contributed by atoms with Gasteiger partial charge in [0.05, 0.1) is 6.04 Å². The van der Waals surface area contributed by atoms with Crippen LogP contribution in [0.4, 0.5) is 0 Å². The lowest BCUT2D eigenvalue weighted by Gasteiger charge is -2.05. The highest BCUT2D eigenvalue weighted by Crippen LogP contribution is 2.19. The molecule has 5 nitrogen and oxygen atoms in total. The monoisotopic (exact) mass is 208 g/mol. The molecular formula is C8H8N4OS. The summed E-state index contributed by atoms with van der Waals surface area (Å²) in [5, 5.41) is 16.8. The van der Waals surface area contributed by atoms with Crippen molar-refractivity contribution >= 4 is 17.2 Å². The van der Waals surface area contributed by atoms with Gasteiger partial charge in [-0.05, 0) is 6.92 Å². The van der Waals surface area contributed by atoms with Crippen LogP contribution in [0.1, 0.15) is 23.8 Å². The molecule has 0 saturated carbocycles. The summed E-state index contributed by atoms with van der Waals surface area (Å²) in [6, 6.07) is 1.75. The van der Waals surface area contributed by atoms with E-state index < -0.39 is 0 Å². The van der Waals surface area contributed by atoms with Crippen molar-refractivity contribution in [3.63, 3.8) is 0 Å². The fourth-order valence-corrected chi connectivity index (χ4v) is 1.99. The van der Waals surface area contributed by atoms with Gasteiger partial charge in [-0.2, -0.15) is 5.26 Å². The fourth-order valence-electron chi connectivity index (χ4n) is 1.24. The lowest BCUT2D eigenvalue weighted by molar-refractivity contribution is -0.120. The zero-order chi connectivity index (χ0) is 10.1. The molecule has 0 spiro atoms. The van der Waals surface area contributed by atoms with Gasteiger partial charge in [-0.1, -0.05) is 0 Å². The summed E-state index contributed by atoms with van der Waals surface area (Å²) in [4.78, 5) is 15.2. The van der Waals surface area contributed by atoms with Gasteiger partial charge in [0.15, 0.2) is 5.69 Å². The van der Waals surface area contributed by atoms with Crippen LogP contribution < -0.4 is 10.6 Å². The molecule has 1 aromatic heterocycles. The summed E-state index contributed by atoms with van der Waals surface area (Å²) in [6.07, 6.45) is -0.246. The van der Waals surface area contributed by atoms with Gasteiger partial charge >= 0.3 is 0 Å². The highest BCUT2D eigenvalue weighted by Gasteiger charge is 2.30. The quantitative estimate of drug-likeness (QED) is 0.687. The van der Waals surface area contributed by atoms with Crippen LogP contribution in [0.25, 0.3) is 0 Å². The van der Waals surface area contributed by atoms with Crippen LogP contribution in [-0.2, 0) is 4.79 Å². The maximum Gasteiger partial charge on any atom is 0.238 e. The van der Waals surface area contributed by atoms with Gasteiger partial charge < -0.3 is 5.32 Å². The van der Waals surface area contributed by atoms with Crippen LogP contribution in [0.15, 0.2) is 5.38 Å². The van der Waals surface area contributed by atoms with Crippen molar-refractivity contribution in [3.8, 4) is 6.07 Å². The van der Waals surface area contributed by atoms with E-state index in [1.807, 2.05) is 6.07 Å². The third-order valence-electron chi connectivity index (χ3n) is 1.98. The largest absolute Gasteiger partial charge is 0.333 e. The number of nitriles is 1. The first-order valence-electron chi connectivity index (χ1n) is 4.12. The Labute approximate surface area is 84.8 Å².